The molecule has 0 aliphatic heterocycles. The summed E-state index contributed by atoms with van der Waals surface area (Å²) in [5.41, 5.74) is 3.31. The number of aryl methyl sites for hydroxylation is 1. The van der Waals surface area contributed by atoms with Gasteiger partial charge < -0.3 is 10.2 Å². The summed E-state index contributed by atoms with van der Waals surface area (Å²) in [6.45, 7) is 4.43. The first kappa shape index (κ1) is 23.4. The predicted molar refractivity (Wildman–Crippen MR) is 134 cm³/mol. The van der Waals surface area contributed by atoms with E-state index in [1.807, 2.05) is 68.4 Å². The first-order chi connectivity index (χ1) is 16.6. The summed E-state index contributed by atoms with van der Waals surface area (Å²) < 4.78 is 1.75. The zero-order valence-corrected chi connectivity index (χ0v) is 20.0. The van der Waals surface area contributed by atoms with Gasteiger partial charge in [0.2, 0.25) is 11.8 Å². The Kier molecular flexibility index (Phi) is 7.54. The van der Waals surface area contributed by atoms with Crippen molar-refractivity contribution >= 4 is 40.3 Å². The van der Waals surface area contributed by atoms with Gasteiger partial charge in [-0.2, -0.15) is 5.10 Å². The Bertz CT molecular complexity index is 1290. The predicted octanol–water partition coefficient (Wildman–Crippen LogP) is 4.09. The van der Waals surface area contributed by atoms with Gasteiger partial charge in [0.1, 0.15) is 11.4 Å². The average Bonchev–Trinajstić information content (AvgIpc) is 3.29. The third-order valence-corrected chi connectivity index (χ3v) is 6.25. The van der Waals surface area contributed by atoms with E-state index in [2.05, 4.69) is 20.4 Å². The molecule has 0 fully saturated rings. The van der Waals surface area contributed by atoms with Crippen molar-refractivity contribution in [1.29, 1.82) is 0 Å². The fourth-order valence-electron chi connectivity index (χ4n) is 3.56. The number of benzene rings is 2. The third kappa shape index (κ3) is 5.43. The van der Waals surface area contributed by atoms with Gasteiger partial charge in [0, 0.05) is 12.2 Å². The Morgan fingerprint density at radius 1 is 1.06 bits per heavy atom. The van der Waals surface area contributed by atoms with E-state index in [0.29, 0.717) is 17.2 Å². The number of hydrogen-bond donors (Lipinski definition) is 1. The maximum atomic E-state index is 13.0. The van der Waals surface area contributed by atoms with Crippen molar-refractivity contribution < 1.29 is 9.59 Å². The monoisotopic (exact) mass is 474 g/mol. The van der Waals surface area contributed by atoms with Gasteiger partial charge in [-0.15, -0.1) is 0 Å². The molecule has 0 bridgehead atoms. The smallest absolute Gasteiger partial charge is 0.244 e. The van der Waals surface area contributed by atoms with Crippen LogP contribution in [0.4, 0.5) is 5.69 Å². The third-order valence-electron chi connectivity index (χ3n) is 5.26. The standard InChI is InChI=1S/C25H26N6O2S/c1-3-13-30(15-22(32)29-21-12-8-7-9-18(21)2)23(33)16-34-25-20-14-28-31(24(20)26-17-27-25)19-10-5-4-6-11-19/h4-12,14,17H,3,13,15-16H2,1-2H3,(H,29,32). The van der Waals surface area contributed by atoms with Gasteiger partial charge in [0.15, 0.2) is 5.65 Å². The number of aromatic nitrogens is 4. The van der Waals surface area contributed by atoms with Crippen LogP contribution in [0, 0.1) is 6.92 Å². The van der Waals surface area contributed by atoms with Crippen LogP contribution in [-0.4, -0.2) is 55.3 Å². The van der Waals surface area contributed by atoms with Gasteiger partial charge in [0.05, 0.1) is 29.6 Å². The lowest BCUT2D eigenvalue weighted by molar-refractivity contribution is -0.132. The van der Waals surface area contributed by atoms with Crippen LogP contribution in [0.3, 0.4) is 0 Å². The second kappa shape index (κ2) is 10.9. The molecule has 0 radical (unpaired) electrons. The van der Waals surface area contributed by atoms with E-state index in [1.165, 1.54) is 18.1 Å². The fraction of sp³-hybridized carbons (Fsp3) is 0.240. The summed E-state index contributed by atoms with van der Waals surface area (Å²) >= 11 is 1.33. The second-order valence-electron chi connectivity index (χ2n) is 7.78. The van der Waals surface area contributed by atoms with E-state index in [1.54, 1.807) is 15.8 Å². The largest absolute Gasteiger partial charge is 0.333 e. The summed E-state index contributed by atoms with van der Waals surface area (Å²) in [6.07, 6.45) is 3.96. The number of amides is 2. The van der Waals surface area contributed by atoms with Crippen molar-refractivity contribution in [3.05, 3.63) is 72.7 Å². The molecular weight excluding hydrogens is 448 g/mol. The molecule has 0 aliphatic rings. The molecule has 2 heterocycles. The lowest BCUT2D eigenvalue weighted by Crippen LogP contribution is -2.39. The van der Waals surface area contributed by atoms with E-state index in [0.717, 1.165) is 28.7 Å². The molecule has 0 spiro atoms. The highest BCUT2D eigenvalue weighted by molar-refractivity contribution is 8.00. The first-order valence-corrected chi connectivity index (χ1v) is 12.1. The zero-order chi connectivity index (χ0) is 23.9. The van der Waals surface area contributed by atoms with Crippen LogP contribution in [-0.2, 0) is 9.59 Å². The van der Waals surface area contributed by atoms with Crippen molar-refractivity contribution in [3.8, 4) is 5.69 Å². The molecule has 0 unspecified atom stereocenters. The molecule has 0 atom stereocenters. The van der Waals surface area contributed by atoms with E-state index in [9.17, 15) is 9.59 Å². The number of carbonyl (C=O) groups excluding carboxylic acids is 2. The number of rotatable bonds is 9. The molecule has 34 heavy (non-hydrogen) atoms. The van der Waals surface area contributed by atoms with Gasteiger partial charge >= 0.3 is 0 Å². The van der Waals surface area contributed by atoms with Crippen molar-refractivity contribution in [2.45, 2.75) is 25.3 Å². The lowest BCUT2D eigenvalue weighted by atomic mass is 10.2. The summed E-state index contributed by atoms with van der Waals surface area (Å²) in [5.74, 6) is -0.163. The Labute approximate surface area is 202 Å². The molecule has 0 aliphatic carbocycles. The summed E-state index contributed by atoms with van der Waals surface area (Å²) in [5, 5.41) is 8.82. The maximum absolute atomic E-state index is 13.0. The number of thioether (sulfide) groups is 1. The Morgan fingerprint density at radius 3 is 2.59 bits per heavy atom. The SMILES string of the molecule is CCCN(CC(=O)Nc1ccccc1C)C(=O)CSc1ncnc2c1cnn2-c1ccccc1. The lowest BCUT2D eigenvalue weighted by Gasteiger charge is -2.21. The molecule has 4 rings (SSSR count). The van der Waals surface area contributed by atoms with E-state index < -0.39 is 0 Å². The molecule has 0 saturated carbocycles. The molecule has 2 aromatic carbocycles. The number of carbonyl (C=O) groups is 2. The van der Waals surface area contributed by atoms with E-state index in [-0.39, 0.29) is 24.1 Å². The van der Waals surface area contributed by atoms with Crippen LogP contribution in [0.25, 0.3) is 16.7 Å². The van der Waals surface area contributed by atoms with Gasteiger partial charge in [-0.3, -0.25) is 9.59 Å². The molecule has 2 aromatic heterocycles. The second-order valence-corrected chi connectivity index (χ2v) is 8.74. The molecule has 8 nitrogen and oxygen atoms in total. The quantitative estimate of drug-likeness (QED) is 0.290. The van der Waals surface area contributed by atoms with E-state index in [4.69, 9.17) is 0 Å². The topological polar surface area (TPSA) is 93.0 Å². The average molecular weight is 475 g/mol. The highest BCUT2D eigenvalue weighted by atomic mass is 32.2. The first-order valence-electron chi connectivity index (χ1n) is 11.1. The molecule has 2 amide bonds. The van der Waals surface area contributed by atoms with Gasteiger partial charge in [-0.1, -0.05) is 55.1 Å². The fourth-order valence-corrected chi connectivity index (χ4v) is 4.42. The Balaban J connectivity index is 1.43. The Morgan fingerprint density at radius 2 is 1.82 bits per heavy atom. The van der Waals surface area contributed by atoms with Crippen LogP contribution in [0.5, 0.6) is 0 Å². The van der Waals surface area contributed by atoms with Crippen molar-refractivity contribution in [2.24, 2.45) is 0 Å². The number of para-hydroxylation sites is 2. The highest BCUT2D eigenvalue weighted by Crippen LogP contribution is 2.26. The molecule has 4 aromatic rings. The summed E-state index contributed by atoms with van der Waals surface area (Å²) in [4.78, 5) is 35.9. The normalized spacial score (nSPS) is 10.9. The number of hydrogen-bond acceptors (Lipinski definition) is 6. The van der Waals surface area contributed by atoms with E-state index >= 15 is 0 Å². The van der Waals surface area contributed by atoms with Crippen LogP contribution in [0.2, 0.25) is 0 Å². The van der Waals surface area contributed by atoms with Crippen molar-refractivity contribution in [1.82, 2.24) is 24.6 Å². The maximum Gasteiger partial charge on any atom is 0.244 e. The summed E-state index contributed by atoms with van der Waals surface area (Å²) in [6, 6.07) is 17.3. The van der Waals surface area contributed by atoms with Crippen LogP contribution < -0.4 is 5.32 Å². The highest BCUT2D eigenvalue weighted by Gasteiger charge is 2.19. The minimum atomic E-state index is -0.213. The van der Waals surface area contributed by atoms with Gasteiger partial charge in [-0.25, -0.2) is 14.6 Å². The number of nitrogens with one attached hydrogen (secondary N) is 1. The molecule has 0 saturated heterocycles. The number of nitrogens with zero attached hydrogens (tertiary/aromatic N) is 5. The van der Waals surface area contributed by atoms with Crippen LogP contribution in [0.1, 0.15) is 18.9 Å². The van der Waals surface area contributed by atoms with Gasteiger partial charge in [-0.05, 0) is 37.1 Å². The number of anilines is 1. The molecule has 1 N–H and O–H groups in total. The molecular formula is C25H26N6O2S. The van der Waals surface area contributed by atoms with Gasteiger partial charge in [0.25, 0.3) is 0 Å². The number of fused-ring (bicyclic) bond motifs is 1. The van der Waals surface area contributed by atoms with Crippen molar-refractivity contribution in [3.63, 3.8) is 0 Å². The zero-order valence-electron chi connectivity index (χ0n) is 19.1. The minimum Gasteiger partial charge on any atom is -0.333 e. The molecule has 174 valence electrons. The van der Waals surface area contributed by atoms with Crippen LogP contribution in [0.15, 0.2) is 72.1 Å². The Hall–Kier alpha value is -3.72. The summed E-state index contributed by atoms with van der Waals surface area (Å²) in [7, 11) is 0. The van der Waals surface area contributed by atoms with Crippen molar-refractivity contribution in [2.75, 3.05) is 24.2 Å². The minimum absolute atomic E-state index is 0.00664. The molecule has 9 heteroatoms. The van der Waals surface area contributed by atoms with Crippen LogP contribution >= 0.6 is 11.8 Å².